The summed E-state index contributed by atoms with van der Waals surface area (Å²) < 4.78 is 8.08. The van der Waals surface area contributed by atoms with Crippen LogP contribution in [0.4, 0.5) is 0 Å². The lowest BCUT2D eigenvalue weighted by molar-refractivity contribution is -0.116. The summed E-state index contributed by atoms with van der Waals surface area (Å²) >= 11 is 6.05. The molecule has 0 radical (unpaired) electrons. The number of fused-ring (bicyclic) bond motifs is 1. The molecule has 0 fully saturated rings. The van der Waals surface area contributed by atoms with E-state index in [1.807, 2.05) is 43.3 Å². The van der Waals surface area contributed by atoms with Gasteiger partial charge in [-0.1, -0.05) is 30.3 Å². The van der Waals surface area contributed by atoms with Crippen LogP contribution in [0.1, 0.15) is 24.2 Å². The van der Waals surface area contributed by atoms with Gasteiger partial charge in [0.15, 0.2) is 0 Å². The maximum absolute atomic E-state index is 11.4. The highest BCUT2D eigenvalue weighted by Crippen LogP contribution is 2.21. The number of aromatic nitrogens is 2. The number of carbonyl (C=O) groups is 1. The van der Waals surface area contributed by atoms with Gasteiger partial charge in [-0.05, 0) is 61.7 Å². The van der Waals surface area contributed by atoms with Crippen LogP contribution in [0.5, 0.6) is 5.75 Å². The van der Waals surface area contributed by atoms with Crippen molar-refractivity contribution in [2.24, 2.45) is 0 Å². The van der Waals surface area contributed by atoms with Gasteiger partial charge in [-0.2, -0.15) is 0 Å². The highest BCUT2D eigenvalue weighted by atomic mass is 35.5. The predicted molar refractivity (Wildman–Crippen MR) is 118 cm³/mol. The summed E-state index contributed by atoms with van der Waals surface area (Å²) in [5, 5.41) is 3.57. The molecule has 152 valence electrons. The van der Waals surface area contributed by atoms with Crippen LogP contribution in [-0.4, -0.2) is 28.6 Å². The fourth-order valence-electron chi connectivity index (χ4n) is 3.20. The average molecular weight is 412 g/mol. The molecule has 1 amide bonds. The number of aryl methyl sites for hydroxylation is 2. The number of hydrogen-bond acceptors (Lipinski definition) is 3. The molecule has 0 unspecified atom stereocenters. The molecule has 5 nitrogen and oxygen atoms in total. The molecule has 29 heavy (non-hydrogen) atoms. The van der Waals surface area contributed by atoms with E-state index in [0.29, 0.717) is 19.6 Å². The third kappa shape index (κ3) is 5.61. The topological polar surface area (TPSA) is 56.2 Å². The van der Waals surface area contributed by atoms with Crippen molar-refractivity contribution in [2.75, 3.05) is 13.2 Å². The van der Waals surface area contributed by atoms with Crippen molar-refractivity contribution in [3.63, 3.8) is 0 Å². The summed E-state index contributed by atoms with van der Waals surface area (Å²) in [6.45, 7) is 7.49. The van der Waals surface area contributed by atoms with Gasteiger partial charge >= 0.3 is 0 Å². The van der Waals surface area contributed by atoms with Gasteiger partial charge in [0.2, 0.25) is 5.91 Å². The smallest absolute Gasteiger partial charge is 0.243 e. The van der Waals surface area contributed by atoms with E-state index in [-0.39, 0.29) is 5.91 Å². The molecular formula is C23H26ClN3O2. The molecule has 0 aliphatic heterocycles. The number of imidazole rings is 1. The lowest BCUT2D eigenvalue weighted by Crippen LogP contribution is -2.24. The molecule has 0 saturated carbocycles. The number of para-hydroxylation sites is 2. The highest BCUT2D eigenvalue weighted by Gasteiger charge is 2.10. The van der Waals surface area contributed by atoms with Crippen molar-refractivity contribution in [3.05, 3.63) is 71.5 Å². The molecule has 2 aromatic carbocycles. The van der Waals surface area contributed by atoms with Crippen LogP contribution in [-0.2, 0) is 17.8 Å². The monoisotopic (exact) mass is 411 g/mol. The van der Waals surface area contributed by atoms with Gasteiger partial charge < -0.3 is 14.6 Å². The van der Waals surface area contributed by atoms with Gasteiger partial charge in [-0.3, -0.25) is 4.79 Å². The molecule has 0 spiro atoms. The second-order valence-electron chi connectivity index (χ2n) is 6.88. The molecule has 0 bridgehead atoms. The third-order valence-corrected chi connectivity index (χ3v) is 5.17. The van der Waals surface area contributed by atoms with Crippen molar-refractivity contribution in [2.45, 2.75) is 32.7 Å². The van der Waals surface area contributed by atoms with Crippen LogP contribution in [0.3, 0.4) is 0 Å². The predicted octanol–water partition coefficient (Wildman–Crippen LogP) is 4.70. The van der Waals surface area contributed by atoms with Gasteiger partial charge in [-0.25, -0.2) is 4.98 Å². The van der Waals surface area contributed by atoms with Gasteiger partial charge in [-0.15, -0.1) is 0 Å². The number of carbonyl (C=O) groups excluding carboxylic acids is 1. The van der Waals surface area contributed by atoms with Crippen LogP contribution in [0, 0.1) is 6.92 Å². The fourth-order valence-corrected chi connectivity index (χ4v) is 3.32. The highest BCUT2D eigenvalue weighted by molar-refractivity contribution is 6.31. The minimum atomic E-state index is -0.165. The normalized spacial score (nSPS) is 10.8. The number of rotatable bonds is 10. The zero-order valence-corrected chi connectivity index (χ0v) is 17.4. The maximum Gasteiger partial charge on any atom is 0.243 e. The first kappa shape index (κ1) is 20.9. The van der Waals surface area contributed by atoms with Gasteiger partial charge in [0.25, 0.3) is 0 Å². The summed E-state index contributed by atoms with van der Waals surface area (Å²) in [6.07, 6.45) is 3.86. The first-order valence-electron chi connectivity index (χ1n) is 9.82. The third-order valence-electron chi connectivity index (χ3n) is 4.74. The summed E-state index contributed by atoms with van der Waals surface area (Å²) in [5.74, 6) is 1.66. The standard InChI is InChI=1S/C23H26ClN3O2/c1-3-23(28)25-13-12-22-26-20-8-4-5-9-21(20)27(22)14-6-7-15-29-18-10-11-19(24)17(2)16-18/h3-5,8-11,16H,1,6-7,12-15H2,2H3,(H,25,28). The van der Waals surface area contributed by atoms with Crippen LogP contribution in [0.2, 0.25) is 5.02 Å². The molecule has 6 heteroatoms. The number of halogens is 1. The van der Waals surface area contributed by atoms with E-state index in [1.165, 1.54) is 6.08 Å². The quantitative estimate of drug-likeness (QED) is 0.388. The molecule has 0 atom stereocenters. The Hall–Kier alpha value is -2.79. The van der Waals surface area contributed by atoms with Crippen LogP contribution in [0.25, 0.3) is 11.0 Å². The van der Waals surface area contributed by atoms with E-state index >= 15 is 0 Å². The van der Waals surface area contributed by atoms with E-state index in [9.17, 15) is 4.79 Å². The molecular weight excluding hydrogens is 386 g/mol. The number of unbranched alkanes of at least 4 members (excludes halogenated alkanes) is 1. The lowest BCUT2D eigenvalue weighted by Gasteiger charge is -2.11. The maximum atomic E-state index is 11.4. The minimum Gasteiger partial charge on any atom is -0.494 e. The lowest BCUT2D eigenvalue weighted by atomic mass is 10.2. The van der Waals surface area contributed by atoms with E-state index in [2.05, 4.69) is 22.5 Å². The summed E-state index contributed by atoms with van der Waals surface area (Å²) in [6, 6.07) is 13.8. The Kier molecular flexibility index (Phi) is 7.30. The van der Waals surface area contributed by atoms with E-state index in [0.717, 1.165) is 52.6 Å². The minimum absolute atomic E-state index is 0.165. The van der Waals surface area contributed by atoms with Crippen molar-refractivity contribution < 1.29 is 9.53 Å². The van der Waals surface area contributed by atoms with E-state index < -0.39 is 0 Å². The van der Waals surface area contributed by atoms with Crippen LogP contribution < -0.4 is 10.1 Å². The van der Waals surface area contributed by atoms with Crippen molar-refractivity contribution in [3.8, 4) is 5.75 Å². The summed E-state index contributed by atoms with van der Waals surface area (Å²) in [7, 11) is 0. The van der Waals surface area contributed by atoms with Gasteiger partial charge in [0.05, 0.1) is 17.6 Å². The molecule has 1 aromatic heterocycles. The number of ether oxygens (including phenoxy) is 1. The van der Waals surface area contributed by atoms with E-state index in [4.69, 9.17) is 21.3 Å². The molecule has 0 saturated heterocycles. The Morgan fingerprint density at radius 2 is 2.10 bits per heavy atom. The number of nitrogens with one attached hydrogen (secondary N) is 1. The van der Waals surface area contributed by atoms with Gasteiger partial charge in [0, 0.05) is 24.5 Å². The number of hydrogen-bond donors (Lipinski definition) is 1. The van der Waals surface area contributed by atoms with Gasteiger partial charge in [0.1, 0.15) is 11.6 Å². The fraction of sp³-hybridized carbons (Fsp3) is 0.304. The average Bonchev–Trinajstić information content (AvgIpc) is 3.07. The Balaban J connectivity index is 1.56. The first-order valence-corrected chi connectivity index (χ1v) is 10.2. The van der Waals surface area contributed by atoms with Crippen molar-refractivity contribution in [1.29, 1.82) is 0 Å². The molecule has 0 aliphatic rings. The second kappa shape index (κ2) is 10.1. The molecule has 3 aromatic rings. The summed E-state index contributed by atoms with van der Waals surface area (Å²) in [4.78, 5) is 16.1. The zero-order chi connectivity index (χ0) is 20.6. The number of amides is 1. The van der Waals surface area contributed by atoms with Crippen molar-refractivity contribution in [1.82, 2.24) is 14.9 Å². The molecule has 0 aliphatic carbocycles. The Labute approximate surface area is 176 Å². The zero-order valence-electron chi connectivity index (χ0n) is 16.7. The number of benzene rings is 2. The largest absolute Gasteiger partial charge is 0.494 e. The molecule has 3 rings (SSSR count). The second-order valence-corrected chi connectivity index (χ2v) is 7.29. The summed E-state index contributed by atoms with van der Waals surface area (Å²) in [5.41, 5.74) is 3.11. The number of nitrogens with zero attached hydrogens (tertiary/aromatic N) is 2. The Morgan fingerprint density at radius 1 is 1.28 bits per heavy atom. The van der Waals surface area contributed by atoms with E-state index in [1.54, 1.807) is 0 Å². The molecule has 1 heterocycles. The van der Waals surface area contributed by atoms with Crippen LogP contribution >= 0.6 is 11.6 Å². The Bertz CT molecular complexity index is 997. The molecule has 1 N–H and O–H groups in total. The SMILES string of the molecule is C=CC(=O)NCCc1nc2ccccc2n1CCCCOc1ccc(Cl)c(C)c1. The van der Waals surface area contributed by atoms with Crippen LogP contribution in [0.15, 0.2) is 55.1 Å². The van der Waals surface area contributed by atoms with Crippen molar-refractivity contribution >= 4 is 28.5 Å². The Morgan fingerprint density at radius 3 is 2.90 bits per heavy atom. The first-order chi connectivity index (χ1) is 14.1.